The maximum atomic E-state index is 13.6. The molecule has 3 aromatic carbocycles. The molecular weight excluding hydrogens is 466 g/mol. The SMILES string of the molecule is O=C1CC(N(C(=O)Cc2ccccc2)C2CCCC2)C(=O)N1c1ccc(-c2nc3ccccc3o2)cc1. The summed E-state index contributed by atoms with van der Waals surface area (Å²) in [6, 6.07) is 23.3. The minimum absolute atomic E-state index is 0.00272. The lowest BCUT2D eigenvalue weighted by Crippen LogP contribution is -2.50. The van der Waals surface area contributed by atoms with Crippen LogP contribution in [0.25, 0.3) is 22.6 Å². The Kier molecular flexibility index (Phi) is 6.04. The van der Waals surface area contributed by atoms with E-state index in [-0.39, 0.29) is 36.6 Å². The van der Waals surface area contributed by atoms with E-state index in [0.29, 0.717) is 17.2 Å². The lowest BCUT2D eigenvalue weighted by Gasteiger charge is -2.33. The number of imide groups is 1. The van der Waals surface area contributed by atoms with E-state index in [1.54, 1.807) is 29.2 Å². The number of amides is 3. The van der Waals surface area contributed by atoms with Crippen molar-refractivity contribution in [2.75, 3.05) is 4.90 Å². The third-order valence-corrected chi connectivity index (χ3v) is 7.33. The third-order valence-electron chi connectivity index (χ3n) is 7.33. The summed E-state index contributed by atoms with van der Waals surface area (Å²) in [6.07, 6.45) is 3.98. The molecule has 186 valence electrons. The fourth-order valence-corrected chi connectivity index (χ4v) is 5.53. The number of aromatic nitrogens is 1. The number of rotatable bonds is 6. The average molecular weight is 494 g/mol. The zero-order chi connectivity index (χ0) is 25.4. The topological polar surface area (TPSA) is 83.7 Å². The fraction of sp³-hybridized carbons (Fsp3) is 0.267. The minimum Gasteiger partial charge on any atom is -0.436 e. The lowest BCUT2D eigenvalue weighted by molar-refractivity contribution is -0.140. The number of anilines is 1. The van der Waals surface area contributed by atoms with E-state index in [9.17, 15) is 14.4 Å². The second kappa shape index (κ2) is 9.65. The zero-order valence-electron chi connectivity index (χ0n) is 20.4. The molecule has 6 rings (SSSR count). The van der Waals surface area contributed by atoms with Crippen molar-refractivity contribution in [1.29, 1.82) is 0 Å². The number of fused-ring (bicyclic) bond motifs is 1. The van der Waals surface area contributed by atoms with Gasteiger partial charge < -0.3 is 9.32 Å². The van der Waals surface area contributed by atoms with Gasteiger partial charge in [0.25, 0.3) is 5.91 Å². The van der Waals surface area contributed by atoms with E-state index < -0.39 is 6.04 Å². The van der Waals surface area contributed by atoms with Crippen molar-refractivity contribution in [3.63, 3.8) is 0 Å². The van der Waals surface area contributed by atoms with E-state index in [2.05, 4.69) is 4.98 Å². The van der Waals surface area contributed by atoms with Crippen LogP contribution in [0.2, 0.25) is 0 Å². The summed E-state index contributed by atoms with van der Waals surface area (Å²) in [5.74, 6) is -0.255. The summed E-state index contributed by atoms with van der Waals surface area (Å²) >= 11 is 0. The van der Waals surface area contributed by atoms with Gasteiger partial charge in [-0.15, -0.1) is 0 Å². The normalized spacial score (nSPS) is 18.2. The molecule has 1 atom stereocenters. The summed E-state index contributed by atoms with van der Waals surface area (Å²) in [5, 5.41) is 0. The molecular formula is C30H27N3O4. The molecule has 2 heterocycles. The van der Waals surface area contributed by atoms with Crippen molar-refractivity contribution in [2.24, 2.45) is 0 Å². The molecule has 0 N–H and O–H groups in total. The van der Waals surface area contributed by atoms with Crippen molar-refractivity contribution in [2.45, 2.75) is 50.6 Å². The highest BCUT2D eigenvalue weighted by Gasteiger charge is 2.46. The molecule has 1 unspecified atom stereocenters. The van der Waals surface area contributed by atoms with Gasteiger partial charge in [0.05, 0.1) is 18.5 Å². The maximum Gasteiger partial charge on any atom is 0.257 e. The van der Waals surface area contributed by atoms with Crippen LogP contribution in [-0.2, 0) is 20.8 Å². The summed E-state index contributed by atoms with van der Waals surface area (Å²) in [4.78, 5) is 47.7. The summed E-state index contributed by atoms with van der Waals surface area (Å²) in [7, 11) is 0. The van der Waals surface area contributed by atoms with E-state index in [1.165, 1.54) is 4.90 Å². The van der Waals surface area contributed by atoms with Gasteiger partial charge >= 0.3 is 0 Å². The van der Waals surface area contributed by atoms with Gasteiger partial charge in [0.1, 0.15) is 11.6 Å². The van der Waals surface area contributed by atoms with E-state index in [0.717, 1.165) is 42.3 Å². The molecule has 0 radical (unpaired) electrons. The number of hydrogen-bond acceptors (Lipinski definition) is 5. The van der Waals surface area contributed by atoms with Gasteiger partial charge in [-0.2, -0.15) is 0 Å². The molecule has 7 heteroatoms. The van der Waals surface area contributed by atoms with E-state index in [1.807, 2.05) is 54.6 Å². The number of hydrogen-bond donors (Lipinski definition) is 0. The number of carbonyl (C=O) groups excluding carboxylic acids is 3. The molecule has 0 bridgehead atoms. The van der Waals surface area contributed by atoms with Gasteiger partial charge in [-0.3, -0.25) is 14.4 Å². The first kappa shape index (κ1) is 23.2. The largest absolute Gasteiger partial charge is 0.436 e. The molecule has 1 saturated carbocycles. The molecule has 4 aromatic rings. The predicted octanol–water partition coefficient (Wildman–Crippen LogP) is 5.14. The molecule has 1 aliphatic carbocycles. The van der Waals surface area contributed by atoms with E-state index in [4.69, 9.17) is 4.42 Å². The Morgan fingerprint density at radius 1 is 0.919 bits per heavy atom. The Balaban J connectivity index is 1.25. The van der Waals surface area contributed by atoms with Crippen LogP contribution in [0.5, 0.6) is 0 Å². The Morgan fingerprint density at radius 3 is 2.35 bits per heavy atom. The monoisotopic (exact) mass is 493 g/mol. The number of carbonyl (C=O) groups is 3. The van der Waals surface area contributed by atoms with Crippen molar-refractivity contribution < 1.29 is 18.8 Å². The Labute approximate surface area is 214 Å². The molecule has 37 heavy (non-hydrogen) atoms. The van der Waals surface area contributed by atoms with Crippen molar-refractivity contribution in [1.82, 2.24) is 9.88 Å². The highest BCUT2D eigenvalue weighted by Crippen LogP contribution is 2.33. The molecule has 1 aliphatic heterocycles. The first-order valence-corrected chi connectivity index (χ1v) is 12.8. The third kappa shape index (κ3) is 4.42. The summed E-state index contributed by atoms with van der Waals surface area (Å²) in [5.41, 5.74) is 3.60. The number of benzene rings is 3. The van der Waals surface area contributed by atoms with Crippen LogP contribution in [0.1, 0.15) is 37.7 Å². The summed E-state index contributed by atoms with van der Waals surface area (Å²) < 4.78 is 5.84. The smallest absolute Gasteiger partial charge is 0.257 e. The van der Waals surface area contributed by atoms with Crippen molar-refractivity contribution in [3.8, 4) is 11.5 Å². The number of para-hydroxylation sites is 2. The van der Waals surface area contributed by atoms with Crippen molar-refractivity contribution in [3.05, 3.63) is 84.4 Å². The van der Waals surface area contributed by atoms with Crippen LogP contribution < -0.4 is 4.90 Å². The average Bonchev–Trinajstić information content (AvgIpc) is 3.65. The molecule has 7 nitrogen and oxygen atoms in total. The maximum absolute atomic E-state index is 13.6. The molecule has 1 saturated heterocycles. The molecule has 2 fully saturated rings. The molecule has 3 amide bonds. The number of nitrogens with zero attached hydrogens (tertiary/aromatic N) is 3. The molecule has 2 aliphatic rings. The molecule has 1 aromatic heterocycles. The second-order valence-electron chi connectivity index (χ2n) is 9.72. The Bertz CT molecular complexity index is 1420. The van der Waals surface area contributed by atoms with Gasteiger partial charge in [0.15, 0.2) is 5.58 Å². The van der Waals surface area contributed by atoms with Crippen LogP contribution in [0, 0.1) is 0 Å². The van der Waals surface area contributed by atoms with E-state index >= 15 is 0 Å². The van der Waals surface area contributed by atoms with Crippen LogP contribution >= 0.6 is 0 Å². The minimum atomic E-state index is -0.775. The Morgan fingerprint density at radius 2 is 1.62 bits per heavy atom. The quantitative estimate of drug-likeness (QED) is 0.347. The van der Waals surface area contributed by atoms with Crippen molar-refractivity contribution >= 4 is 34.5 Å². The highest BCUT2D eigenvalue weighted by molar-refractivity contribution is 6.23. The van der Waals surface area contributed by atoms with Gasteiger partial charge in [0.2, 0.25) is 17.7 Å². The lowest BCUT2D eigenvalue weighted by atomic mass is 10.1. The van der Waals surface area contributed by atoms with Crippen LogP contribution in [-0.4, -0.2) is 39.7 Å². The van der Waals surface area contributed by atoms with Crippen LogP contribution in [0.3, 0.4) is 0 Å². The predicted molar refractivity (Wildman–Crippen MR) is 140 cm³/mol. The molecule has 0 spiro atoms. The van der Waals surface area contributed by atoms with Gasteiger partial charge in [-0.1, -0.05) is 55.3 Å². The fourth-order valence-electron chi connectivity index (χ4n) is 5.53. The first-order valence-electron chi connectivity index (χ1n) is 12.8. The number of oxazole rings is 1. The summed E-state index contributed by atoms with van der Waals surface area (Å²) in [6.45, 7) is 0. The zero-order valence-corrected chi connectivity index (χ0v) is 20.4. The van der Waals surface area contributed by atoms with Gasteiger partial charge in [-0.05, 0) is 54.8 Å². The van der Waals surface area contributed by atoms with Gasteiger partial charge in [0, 0.05) is 11.6 Å². The Hall–Kier alpha value is -4.26. The van der Waals surface area contributed by atoms with Gasteiger partial charge in [-0.25, -0.2) is 9.88 Å². The first-order chi connectivity index (χ1) is 18.1. The van der Waals surface area contributed by atoms with Crippen LogP contribution in [0.4, 0.5) is 5.69 Å². The standard InChI is InChI=1S/C30H27N3O4/c34-27(18-20-8-2-1-3-9-20)32(22-10-4-5-11-22)25-19-28(35)33(30(25)36)23-16-14-21(15-17-23)29-31-24-12-6-7-13-26(24)37-29/h1-3,6-9,12-17,22,25H,4-5,10-11,18-19H2. The second-order valence-corrected chi connectivity index (χ2v) is 9.72. The van der Waals surface area contributed by atoms with Crippen LogP contribution in [0.15, 0.2) is 83.3 Å². The highest BCUT2D eigenvalue weighted by atomic mass is 16.3.